The first kappa shape index (κ1) is 19.5. The van der Waals surface area contributed by atoms with Gasteiger partial charge in [0.05, 0.1) is 16.2 Å². The molecule has 1 amide bonds. The van der Waals surface area contributed by atoms with E-state index < -0.39 is 15.8 Å². The summed E-state index contributed by atoms with van der Waals surface area (Å²) >= 11 is 2.58. The summed E-state index contributed by atoms with van der Waals surface area (Å²) in [5.41, 5.74) is 1.58. The maximum atomic E-state index is 12.2. The van der Waals surface area contributed by atoms with E-state index in [-0.39, 0.29) is 17.2 Å². The summed E-state index contributed by atoms with van der Waals surface area (Å²) in [7, 11) is -3.33. The van der Waals surface area contributed by atoms with Crippen LogP contribution in [0.1, 0.15) is 21.7 Å². The Bertz CT molecular complexity index is 873. The zero-order valence-electron chi connectivity index (χ0n) is 13.4. The second-order valence-electron chi connectivity index (χ2n) is 5.27. The molecule has 1 heterocycles. The highest BCUT2D eigenvalue weighted by Crippen LogP contribution is 2.22. The molecule has 0 spiro atoms. The van der Waals surface area contributed by atoms with E-state index >= 15 is 0 Å². The smallest absolute Gasteiger partial charge is 0.304 e. The number of carboxylic acids is 1. The van der Waals surface area contributed by atoms with Crippen LogP contribution in [0.15, 0.2) is 40.6 Å². The molecule has 0 saturated carbocycles. The summed E-state index contributed by atoms with van der Waals surface area (Å²) in [4.78, 5) is 23.2. The fourth-order valence-corrected chi connectivity index (χ4v) is 4.71. The number of benzene rings is 1. The average Bonchev–Trinajstić information content (AvgIpc) is 3.02. The first-order chi connectivity index (χ1) is 11.8. The molecule has 9 heteroatoms. The summed E-state index contributed by atoms with van der Waals surface area (Å²) in [5, 5.41) is 12.8. The molecule has 0 fully saturated rings. The minimum absolute atomic E-state index is 0.113. The van der Waals surface area contributed by atoms with Crippen molar-refractivity contribution in [3.8, 4) is 0 Å². The Morgan fingerprint density at radius 1 is 1.28 bits per heavy atom. The van der Waals surface area contributed by atoms with Gasteiger partial charge in [-0.3, -0.25) is 9.59 Å². The van der Waals surface area contributed by atoms with Gasteiger partial charge in [-0.1, -0.05) is 12.1 Å². The number of thiophene rings is 1. The number of carbonyl (C=O) groups excluding carboxylic acids is 1. The van der Waals surface area contributed by atoms with Crippen molar-refractivity contribution in [2.75, 3.05) is 17.3 Å². The van der Waals surface area contributed by atoms with Gasteiger partial charge in [-0.05, 0) is 23.8 Å². The van der Waals surface area contributed by atoms with Crippen LogP contribution >= 0.6 is 23.1 Å². The lowest BCUT2D eigenvalue weighted by Gasteiger charge is -2.06. The number of sulfone groups is 1. The zero-order valence-corrected chi connectivity index (χ0v) is 15.8. The number of rotatable bonds is 8. The van der Waals surface area contributed by atoms with Crippen LogP contribution < -0.4 is 5.32 Å². The molecule has 25 heavy (non-hydrogen) atoms. The molecule has 0 bridgehead atoms. The lowest BCUT2D eigenvalue weighted by atomic mass is 10.2. The molecule has 0 unspecified atom stereocenters. The molecule has 2 rings (SSSR count). The molecule has 6 nitrogen and oxygen atoms in total. The zero-order chi connectivity index (χ0) is 18.4. The Balaban J connectivity index is 1.98. The third kappa shape index (κ3) is 6.18. The predicted molar refractivity (Wildman–Crippen MR) is 100 cm³/mol. The van der Waals surface area contributed by atoms with Crippen molar-refractivity contribution in [2.45, 2.75) is 17.1 Å². The fourth-order valence-electron chi connectivity index (χ4n) is 1.91. The van der Waals surface area contributed by atoms with Crippen LogP contribution in [0.5, 0.6) is 0 Å². The van der Waals surface area contributed by atoms with Crippen molar-refractivity contribution in [1.82, 2.24) is 0 Å². The van der Waals surface area contributed by atoms with Crippen LogP contribution in [0.3, 0.4) is 0 Å². The van der Waals surface area contributed by atoms with Crippen LogP contribution in [0.25, 0.3) is 0 Å². The maximum Gasteiger partial charge on any atom is 0.304 e. The first-order valence-electron chi connectivity index (χ1n) is 7.24. The molecule has 0 radical (unpaired) electrons. The summed E-state index contributed by atoms with van der Waals surface area (Å²) in [6, 6.07) is 8.63. The Morgan fingerprint density at radius 3 is 2.68 bits per heavy atom. The van der Waals surface area contributed by atoms with E-state index in [9.17, 15) is 18.0 Å². The molecular weight excluding hydrogens is 382 g/mol. The van der Waals surface area contributed by atoms with Gasteiger partial charge >= 0.3 is 5.97 Å². The number of hydrogen-bond acceptors (Lipinski definition) is 6. The Labute approximate surface area is 154 Å². The number of aliphatic carboxylic acids is 1. The SMILES string of the molecule is CS(=O)(=O)c1csc(C(=O)Nc2cccc(CSCCC(=O)O)c2)c1. The number of carbonyl (C=O) groups is 2. The minimum Gasteiger partial charge on any atom is -0.481 e. The molecule has 2 N–H and O–H groups in total. The van der Waals surface area contributed by atoms with E-state index in [4.69, 9.17) is 5.11 Å². The van der Waals surface area contributed by atoms with Crippen molar-refractivity contribution in [3.05, 3.63) is 46.2 Å². The lowest BCUT2D eigenvalue weighted by Crippen LogP contribution is -2.10. The van der Waals surface area contributed by atoms with Gasteiger partial charge in [-0.25, -0.2) is 8.42 Å². The summed E-state index contributed by atoms with van der Waals surface area (Å²) in [6.07, 6.45) is 1.21. The van der Waals surface area contributed by atoms with Crippen LogP contribution in [-0.2, 0) is 20.4 Å². The molecule has 134 valence electrons. The molecular formula is C16H17NO5S3. The molecule has 0 aliphatic heterocycles. The topological polar surface area (TPSA) is 101 Å². The Kier molecular flexibility index (Phi) is 6.63. The normalized spacial score (nSPS) is 11.2. The van der Waals surface area contributed by atoms with E-state index in [1.807, 2.05) is 12.1 Å². The highest BCUT2D eigenvalue weighted by molar-refractivity contribution is 7.98. The molecule has 0 aliphatic rings. The quantitative estimate of drug-likeness (QED) is 0.662. The van der Waals surface area contributed by atoms with Crippen molar-refractivity contribution in [1.29, 1.82) is 0 Å². The number of amides is 1. The maximum absolute atomic E-state index is 12.2. The molecule has 0 aliphatic carbocycles. The number of anilines is 1. The molecule has 0 atom stereocenters. The molecule has 2 aromatic rings. The monoisotopic (exact) mass is 399 g/mol. The summed E-state index contributed by atoms with van der Waals surface area (Å²) < 4.78 is 22.9. The standard InChI is InChI=1S/C16H17NO5S3/c1-25(21,22)13-8-14(24-10-13)16(20)17-12-4-2-3-11(7-12)9-23-6-5-15(18)19/h2-4,7-8,10H,5-6,9H2,1H3,(H,17,20)(H,18,19). The van der Waals surface area contributed by atoms with E-state index in [2.05, 4.69) is 5.32 Å². The average molecular weight is 400 g/mol. The highest BCUT2D eigenvalue weighted by Gasteiger charge is 2.15. The number of nitrogens with one attached hydrogen (secondary N) is 1. The van der Waals surface area contributed by atoms with Gasteiger partial charge in [0.15, 0.2) is 9.84 Å². The Hall–Kier alpha value is -1.84. The number of thioether (sulfide) groups is 1. The Morgan fingerprint density at radius 2 is 2.04 bits per heavy atom. The summed E-state index contributed by atoms with van der Waals surface area (Å²) in [6.45, 7) is 0. The molecule has 0 saturated heterocycles. The van der Waals surface area contributed by atoms with Crippen molar-refractivity contribution < 1.29 is 23.1 Å². The first-order valence-corrected chi connectivity index (χ1v) is 11.2. The second-order valence-corrected chi connectivity index (χ2v) is 9.30. The van der Waals surface area contributed by atoms with Crippen molar-refractivity contribution >= 4 is 50.5 Å². The third-order valence-electron chi connectivity index (χ3n) is 3.14. The second kappa shape index (κ2) is 8.50. The van der Waals surface area contributed by atoms with E-state index in [0.29, 0.717) is 22.1 Å². The fraction of sp³-hybridized carbons (Fsp3) is 0.250. The van der Waals surface area contributed by atoms with E-state index in [0.717, 1.165) is 23.2 Å². The van der Waals surface area contributed by atoms with Gasteiger partial charge in [0.2, 0.25) is 0 Å². The van der Waals surface area contributed by atoms with Crippen LogP contribution in [0.4, 0.5) is 5.69 Å². The van der Waals surface area contributed by atoms with Gasteiger partial charge in [-0.2, -0.15) is 11.8 Å². The van der Waals surface area contributed by atoms with Gasteiger partial charge in [0, 0.05) is 28.8 Å². The van der Waals surface area contributed by atoms with Gasteiger partial charge in [0.1, 0.15) is 0 Å². The van der Waals surface area contributed by atoms with Crippen LogP contribution in [-0.4, -0.2) is 37.4 Å². The summed E-state index contributed by atoms with van der Waals surface area (Å²) in [5.74, 6) is -0.0163. The number of hydrogen-bond donors (Lipinski definition) is 2. The molecule has 1 aromatic carbocycles. The third-order valence-corrected chi connectivity index (χ3v) is 6.34. The van der Waals surface area contributed by atoms with Crippen LogP contribution in [0, 0.1) is 0 Å². The van der Waals surface area contributed by atoms with Crippen molar-refractivity contribution in [2.24, 2.45) is 0 Å². The highest BCUT2D eigenvalue weighted by atomic mass is 32.2. The van der Waals surface area contributed by atoms with E-state index in [1.165, 1.54) is 23.2 Å². The number of carboxylic acid groups (broad SMARTS) is 1. The largest absolute Gasteiger partial charge is 0.481 e. The van der Waals surface area contributed by atoms with E-state index in [1.54, 1.807) is 12.1 Å². The predicted octanol–water partition coefficient (Wildman–Crippen LogP) is 3.11. The minimum atomic E-state index is -3.33. The van der Waals surface area contributed by atoms with Crippen molar-refractivity contribution in [3.63, 3.8) is 0 Å². The lowest BCUT2D eigenvalue weighted by molar-refractivity contribution is -0.136. The van der Waals surface area contributed by atoms with Gasteiger partial charge < -0.3 is 10.4 Å². The van der Waals surface area contributed by atoms with Crippen LogP contribution in [0.2, 0.25) is 0 Å². The molecule has 1 aromatic heterocycles. The van der Waals surface area contributed by atoms with Gasteiger partial charge in [-0.15, -0.1) is 11.3 Å². The van der Waals surface area contributed by atoms with Gasteiger partial charge in [0.25, 0.3) is 5.91 Å².